The Kier molecular flexibility index (Phi) is 22.5. The zero-order valence-corrected chi connectivity index (χ0v) is 36.7. The molecule has 0 aliphatic heterocycles. The second-order valence-corrected chi connectivity index (χ2v) is 16.7. The number of rotatable bonds is 12. The average molecular weight is 705 g/mol. The first kappa shape index (κ1) is 46.9. The van der Waals surface area contributed by atoms with Gasteiger partial charge in [-0.25, -0.2) is 0 Å². The van der Waals surface area contributed by atoms with Gasteiger partial charge in [-0.15, -0.1) is 0 Å². The average Bonchev–Trinajstić information content (AvgIpc) is 3.07. The second-order valence-electron chi connectivity index (χ2n) is 16.7. The van der Waals surface area contributed by atoms with Crippen LogP contribution in [0.15, 0.2) is 97.1 Å². The minimum Gasteiger partial charge on any atom is -0.0648 e. The summed E-state index contributed by atoms with van der Waals surface area (Å²) in [6.45, 7) is 36.2. The van der Waals surface area contributed by atoms with Gasteiger partial charge in [0.15, 0.2) is 0 Å². The molecule has 0 radical (unpaired) electrons. The predicted molar refractivity (Wildman–Crippen MR) is 236 cm³/mol. The van der Waals surface area contributed by atoms with E-state index in [1.807, 2.05) is 0 Å². The summed E-state index contributed by atoms with van der Waals surface area (Å²) in [4.78, 5) is 0. The second kappa shape index (κ2) is 25.0. The molecule has 0 aromatic heterocycles. The molecule has 4 aromatic rings. The first-order chi connectivity index (χ1) is 24.6. The zero-order valence-electron chi connectivity index (χ0n) is 36.7. The van der Waals surface area contributed by atoms with Gasteiger partial charge in [-0.3, -0.25) is 0 Å². The van der Waals surface area contributed by atoms with Gasteiger partial charge in [0.25, 0.3) is 0 Å². The van der Waals surface area contributed by atoms with Gasteiger partial charge in [0, 0.05) is 0 Å². The lowest BCUT2D eigenvalue weighted by molar-refractivity contribution is 0.485. The lowest BCUT2D eigenvalue weighted by atomic mass is 9.86. The number of hydrogen-bond donors (Lipinski definition) is 0. The molecular formula is C52H80. The number of benzene rings is 4. The Hall–Kier alpha value is -3.12. The first-order valence-electron chi connectivity index (χ1n) is 20.9. The lowest BCUT2D eigenvalue weighted by Crippen LogP contribution is -2.05. The van der Waals surface area contributed by atoms with Crippen molar-refractivity contribution < 1.29 is 0 Å². The van der Waals surface area contributed by atoms with Gasteiger partial charge < -0.3 is 0 Å². The molecule has 0 aliphatic carbocycles. The van der Waals surface area contributed by atoms with Crippen LogP contribution in [0.5, 0.6) is 0 Å². The molecule has 0 aliphatic rings. The summed E-state index contributed by atoms with van der Waals surface area (Å²) in [6, 6.07) is 35.6. The number of hydrogen-bond acceptors (Lipinski definition) is 0. The molecule has 52 heavy (non-hydrogen) atoms. The highest BCUT2D eigenvalue weighted by atomic mass is 14.2. The third-order valence-corrected chi connectivity index (χ3v) is 10.9. The largest absolute Gasteiger partial charge is 0.0648 e. The minimum absolute atomic E-state index is 0.722. The highest BCUT2D eigenvalue weighted by Crippen LogP contribution is 2.30. The first-order valence-corrected chi connectivity index (χ1v) is 20.9. The van der Waals surface area contributed by atoms with E-state index in [0.29, 0.717) is 0 Å². The Morgan fingerprint density at radius 3 is 0.596 bits per heavy atom. The Morgan fingerprint density at radius 1 is 0.308 bits per heavy atom. The van der Waals surface area contributed by atoms with E-state index in [4.69, 9.17) is 0 Å². The normalized spacial score (nSPS) is 13.3. The van der Waals surface area contributed by atoms with E-state index in [9.17, 15) is 0 Å². The van der Waals surface area contributed by atoms with Crippen molar-refractivity contribution in [3.63, 3.8) is 0 Å². The van der Waals surface area contributed by atoms with Crippen LogP contribution >= 0.6 is 0 Å². The molecular weight excluding hydrogens is 625 g/mol. The molecule has 0 saturated carbocycles. The molecule has 0 saturated heterocycles. The summed E-state index contributed by atoms with van der Waals surface area (Å²) in [5.74, 6) is 5.86. The van der Waals surface area contributed by atoms with E-state index >= 15 is 0 Å². The van der Waals surface area contributed by atoms with Crippen molar-refractivity contribution in [1.29, 1.82) is 0 Å². The van der Waals surface area contributed by atoms with Crippen molar-refractivity contribution in [2.45, 2.75) is 160 Å². The molecule has 0 nitrogen and oxygen atoms in total. The van der Waals surface area contributed by atoms with E-state index in [1.165, 1.54) is 70.2 Å². The monoisotopic (exact) mass is 705 g/mol. The van der Waals surface area contributed by atoms with Crippen LogP contribution in [0.25, 0.3) is 0 Å². The molecule has 0 heterocycles. The van der Waals surface area contributed by atoms with Crippen LogP contribution in [0, 0.1) is 51.4 Å². The fourth-order valence-corrected chi connectivity index (χ4v) is 7.97. The maximum Gasteiger partial charge on any atom is -0.0141 e. The SMILES string of the molecule is CCC(c1cccc(C)c1)C(C)C.CCC(c1cccc(C)c1)C(C)C.CC[C@@H](c1cccc(C)c1)C(C)C.CC[C@@H](c1cccc(C)c1)C(C)C. The fraction of sp³-hybridized carbons (Fsp3) is 0.538. The smallest absolute Gasteiger partial charge is 0.0141 e. The van der Waals surface area contributed by atoms with Crippen molar-refractivity contribution in [3.8, 4) is 0 Å². The summed E-state index contributed by atoms with van der Waals surface area (Å²) >= 11 is 0. The lowest BCUT2D eigenvalue weighted by Gasteiger charge is -2.19. The predicted octanol–water partition coefficient (Wildman–Crippen LogP) is 16.6. The van der Waals surface area contributed by atoms with Crippen molar-refractivity contribution >= 4 is 0 Å². The van der Waals surface area contributed by atoms with Gasteiger partial charge in [-0.2, -0.15) is 0 Å². The van der Waals surface area contributed by atoms with Crippen LogP contribution in [0.1, 0.15) is 177 Å². The number of aryl methyl sites for hydroxylation is 4. The minimum atomic E-state index is 0.722. The standard InChI is InChI=1S/4C13H20/c4*1-5-13(10(2)3)12-8-6-7-11(4)9-12/h4*6-10,13H,5H2,1-4H3/t2*13-;;/m11../s1. The molecule has 0 bridgehead atoms. The molecule has 4 rings (SSSR count). The highest BCUT2D eigenvalue weighted by Gasteiger charge is 2.15. The highest BCUT2D eigenvalue weighted by molar-refractivity contribution is 5.28. The van der Waals surface area contributed by atoms with Crippen LogP contribution < -0.4 is 0 Å². The van der Waals surface area contributed by atoms with Crippen molar-refractivity contribution in [2.75, 3.05) is 0 Å². The Bertz CT molecular complexity index is 1270. The van der Waals surface area contributed by atoms with Gasteiger partial charge in [0.05, 0.1) is 0 Å². The molecule has 0 N–H and O–H groups in total. The van der Waals surface area contributed by atoms with Crippen LogP contribution in [0.4, 0.5) is 0 Å². The van der Waals surface area contributed by atoms with E-state index in [-0.39, 0.29) is 0 Å². The summed E-state index contributed by atoms with van der Waals surface area (Å²) in [5.41, 5.74) is 11.5. The Labute approximate surface area is 324 Å². The Morgan fingerprint density at radius 2 is 0.481 bits per heavy atom. The molecule has 2 unspecified atom stereocenters. The van der Waals surface area contributed by atoms with Gasteiger partial charge in [0.2, 0.25) is 0 Å². The van der Waals surface area contributed by atoms with Gasteiger partial charge in [0.1, 0.15) is 0 Å². The van der Waals surface area contributed by atoms with Crippen LogP contribution in [0.3, 0.4) is 0 Å². The molecule has 4 atom stereocenters. The maximum atomic E-state index is 2.31. The summed E-state index contributed by atoms with van der Waals surface area (Å²) < 4.78 is 0. The Balaban J connectivity index is 0.000000347. The van der Waals surface area contributed by atoms with Crippen molar-refractivity contribution in [3.05, 3.63) is 142 Å². The third-order valence-electron chi connectivity index (χ3n) is 10.9. The van der Waals surface area contributed by atoms with Crippen LogP contribution in [-0.4, -0.2) is 0 Å². The third kappa shape index (κ3) is 16.7. The molecule has 4 aromatic carbocycles. The van der Waals surface area contributed by atoms with E-state index in [1.54, 1.807) is 0 Å². The van der Waals surface area contributed by atoms with Crippen LogP contribution in [0.2, 0.25) is 0 Å². The van der Waals surface area contributed by atoms with Gasteiger partial charge in [-0.05, 0) is 123 Å². The molecule has 0 amide bonds. The summed E-state index contributed by atoms with van der Waals surface area (Å²) in [6.07, 6.45) is 4.95. The molecule has 0 fully saturated rings. The molecule has 0 heteroatoms. The van der Waals surface area contributed by atoms with Gasteiger partial charge >= 0.3 is 0 Å². The van der Waals surface area contributed by atoms with Crippen molar-refractivity contribution in [1.82, 2.24) is 0 Å². The zero-order chi connectivity index (χ0) is 39.4. The fourth-order valence-electron chi connectivity index (χ4n) is 7.97. The quantitative estimate of drug-likeness (QED) is 0.138. The summed E-state index contributed by atoms with van der Waals surface area (Å²) in [7, 11) is 0. The van der Waals surface area contributed by atoms with E-state index in [0.717, 1.165) is 47.3 Å². The van der Waals surface area contributed by atoms with E-state index in [2.05, 4.69) is 208 Å². The molecule has 0 spiro atoms. The van der Waals surface area contributed by atoms with Crippen LogP contribution in [-0.2, 0) is 0 Å². The summed E-state index contributed by atoms with van der Waals surface area (Å²) in [5, 5.41) is 0. The maximum absolute atomic E-state index is 2.31. The topological polar surface area (TPSA) is 0 Å². The van der Waals surface area contributed by atoms with E-state index < -0.39 is 0 Å². The van der Waals surface area contributed by atoms with Crippen molar-refractivity contribution in [2.24, 2.45) is 23.7 Å². The molecule has 288 valence electrons. The van der Waals surface area contributed by atoms with Gasteiger partial charge in [-0.1, -0.05) is 202 Å².